The van der Waals surface area contributed by atoms with Gasteiger partial charge in [-0.05, 0) is 31.5 Å². The van der Waals surface area contributed by atoms with Crippen LogP contribution >= 0.6 is 11.3 Å². The molecule has 4 atom stereocenters. The highest BCUT2D eigenvalue weighted by Gasteiger charge is 2.49. The highest BCUT2D eigenvalue weighted by molar-refractivity contribution is 7.23. The van der Waals surface area contributed by atoms with Crippen LogP contribution in [0.4, 0.5) is 32.8 Å². The molecule has 0 saturated carbocycles. The number of nitrogens with zero attached hydrogens (tertiary/aromatic N) is 6. The van der Waals surface area contributed by atoms with Gasteiger partial charge in [0.25, 0.3) is 6.43 Å². The van der Waals surface area contributed by atoms with Gasteiger partial charge in [0.2, 0.25) is 5.88 Å². The van der Waals surface area contributed by atoms with Crippen LogP contribution in [-0.2, 0) is 0 Å². The van der Waals surface area contributed by atoms with E-state index in [-0.39, 0.29) is 81.0 Å². The zero-order valence-electron chi connectivity index (χ0n) is 24.4. The van der Waals surface area contributed by atoms with Crippen molar-refractivity contribution >= 4 is 43.1 Å². The number of rotatable bonds is 6. The molecule has 3 aliphatic heterocycles. The van der Waals surface area contributed by atoms with Crippen LogP contribution in [0, 0.1) is 23.0 Å². The standard InChI is InChI=1S/C30H28F5N7O3S/c1-41-18(25(34)35)7-14(11-43)45-28-20-23(39-29(40-27(20)41)44-12-30-5-2-6-42(30)10-13(31)8-30)21(33)22(38-28)15-3-4-17(32)24-19(15)16(9-36)26(37)46-24/h3-4,13-14,18,25,43H,2,5-8,10-12,37H2,1H3/t13-,14?,18?,30+/m1/s1. The second kappa shape index (κ2) is 11.3. The van der Waals surface area contributed by atoms with Crippen molar-refractivity contribution < 1.29 is 36.5 Å². The second-order valence-corrected chi connectivity index (χ2v) is 13.0. The number of hydrogen-bond acceptors (Lipinski definition) is 11. The normalized spacial score (nSPS) is 24.7. The maximum absolute atomic E-state index is 16.8. The van der Waals surface area contributed by atoms with Crippen molar-refractivity contribution in [2.24, 2.45) is 0 Å². The van der Waals surface area contributed by atoms with E-state index in [1.165, 1.54) is 13.1 Å². The Morgan fingerprint density at radius 2 is 2.07 bits per heavy atom. The van der Waals surface area contributed by atoms with Gasteiger partial charge in [0.1, 0.15) is 58.2 Å². The van der Waals surface area contributed by atoms with E-state index in [9.17, 15) is 27.9 Å². The van der Waals surface area contributed by atoms with Crippen LogP contribution in [-0.4, -0.2) is 88.6 Å². The average Bonchev–Trinajstić information content (AvgIpc) is 3.67. The molecule has 16 heteroatoms. The molecule has 0 radical (unpaired) electrons. The molecule has 7 rings (SSSR count). The lowest BCUT2D eigenvalue weighted by Gasteiger charge is -2.34. The summed E-state index contributed by atoms with van der Waals surface area (Å²) in [6.45, 7) is 0.312. The van der Waals surface area contributed by atoms with E-state index < -0.39 is 54.0 Å². The van der Waals surface area contributed by atoms with Crippen LogP contribution < -0.4 is 20.1 Å². The van der Waals surface area contributed by atoms with Gasteiger partial charge in [0.15, 0.2) is 5.82 Å². The SMILES string of the molecule is CN1c2nc(OC[C@@]34CCCN3C[C@H](F)C4)nc3c(F)c(-c4ccc(F)c5sc(N)c(C#N)c45)nc(c23)OC(CO)CC1C(F)F. The van der Waals surface area contributed by atoms with Gasteiger partial charge in [-0.3, -0.25) is 4.90 Å². The summed E-state index contributed by atoms with van der Waals surface area (Å²) in [5.74, 6) is -2.12. The monoisotopic (exact) mass is 661 g/mol. The molecule has 10 nitrogen and oxygen atoms in total. The van der Waals surface area contributed by atoms with Crippen LogP contribution in [0.1, 0.15) is 31.2 Å². The van der Waals surface area contributed by atoms with Crippen molar-refractivity contribution in [3.63, 3.8) is 0 Å². The Kier molecular flexibility index (Phi) is 7.52. The Morgan fingerprint density at radius 1 is 1.26 bits per heavy atom. The van der Waals surface area contributed by atoms with Crippen molar-refractivity contribution in [1.29, 1.82) is 5.26 Å². The number of anilines is 2. The van der Waals surface area contributed by atoms with E-state index >= 15 is 4.39 Å². The van der Waals surface area contributed by atoms with Crippen LogP contribution in [0.25, 0.3) is 32.2 Å². The first-order chi connectivity index (χ1) is 22.0. The first-order valence-electron chi connectivity index (χ1n) is 14.7. The van der Waals surface area contributed by atoms with Gasteiger partial charge in [0.05, 0.1) is 28.5 Å². The molecule has 1 aromatic carbocycles. The molecule has 46 heavy (non-hydrogen) atoms. The van der Waals surface area contributed by atoms with E-state index in [4.69, 9.17) is 15.2 Å². The number of nitrogens with two attached hydrogens (primary N) is 1. The molecule has 6 heterocycles. The van der Waals surface area contributed by atoms with Crippen LogP contribution in [0.2, 0.25) is 0 Å². The minimum atomic E-state index is -2.90. The minimum absolute atomic E-state index is 0.00580. The van der Waals surface area contributed by atoms with Gasteiger partial charge < -0.3 is 25.2 Å². The van der Waals surface area contributed by atoms with E-state index in [1.807, 2.05) is 11.0 Å². The largest absolute Gasteiger partial charge is 0.471 e. The molecule has 2 unspecified atom stereocenters. The first kappa shape index (κ1) is 30.6. The van der Waals surface area contributed by atoms with Gasteiger partial charge >= 0.3 is 6.01 Å². The lowest BCUT2D eigenvalue weighted by molar-refractivity contribution is 0.0549. The number of aliphatic hydroxyl groups excluding tert-OH is 1. The molecule has 0 bridgehead atoms. The summed E-state index contributed by atoms with van der Waals surface area (Å²) < 4.78 is 86.7. The number of nitrogen functional groups attached to an aromatic ring is 1. The number of thiophene rings is 1. The van der Waals surface area contributed by atoms with Gasteiger partial charge in [-0.2, -0.15) is 15.2 Å². The fourth-order valence-corrected chi connectivity index (χ4v) is 7.96. The predicted octanol–water partition coefficient (Wildman–Crippen LogP) is 4.81. The summed E-state index contributed by atoms with van der Waals surface area (Å²) in [6.07, 6.45) is -3.67. The summed E-state index contributed by atoms with van der Waals surface area (Å²) >= 11 is 0.825. The molecule has 0 amide bonds. The molecular weight excluding hydrogens is 633 g/mol. The fraction of sp³-hybridized carbons (Fsp3) is 0.467. The van der Waals surface area contributed by atoms with E-state index in [1.54, 1.807) is 0 Å². The number of fused-ring (bicyclic) bond motifs is 2. The Morgan fingerprint density at radius 3 is 2.80 bits per heavy atom. The van der Waals surface area contributed by atoms with Gasteiger partial charge in [-0.25, -0.2) is 26.9 Å². The first-order valence-corrected chi connectivity index (χ1v) is 15.5. The number of nitriles is 1. The molecule has 242 valence electrons. The number of aromatic nitrogens is 3. The number of benzene rings is 1. The van der Waals surface area contributed by atoms with E-state index in [0.29, 0.717) is 13.0 Å². The molecule has 4 aromatic rings. The molecule has 2 fully saturated rings. The molecule has 3 aliphatic rings. The maximum Gasteiger partial charge on any atom is 0.319 e. The highest BCUT2D eigenvalue weighted by atomic mass is 32.1. The van der Waals surface area contributed by atoms with Crippen LogP contribution in [0.15, 0.2) is 12.1 Å². The number of hydrogen-bond donors (Lipinski definition) is 2. The average molecular weight is 662 g/mol. The fourth-order valence-electron chi connectivity index (χ4n) is 7.01. The van der Waals surface area contributed by atoms with Crippen LogP contribution in [0.5, 0.6) is 11.9 Å². The third kappa shape index (κ3) is 4.75. The zero-order valence-corrected chi connectivity index (χ0v) is 25.3. The summed E-state index contributed by atoms with van der Waals surface area (Å²) in [5.41, 5.74) is 4.58. The quantitative estimate of drug-likeness (QED) is 0.278. The molecule has 2 saturated heterocycles. The summed E-state index contributed by atoms with van der Waals surface area (Å²) in [5, 5.41) is 19.8. The van der Waals surface area contributed by atoms with Crippen molar-refractivity contribution in [3.05, 3.63) is 29.3 Å². The molecule has 0 aliphatic carbocycles. The maximum atomic E-state index is 16.8. The number of aliphatic hydroxyl groups is 1. The topological polar surface area (TPSA) is 134 Å². The Hall–Kier alpha value is -4.07. The van der Waals surface area contributed by atoms with Crippen molar-refractivity contribution in [3.8, 4) is 29.2 Å². The van der Waals surface area contributed by atoms with Crippen molar-refractivity contribution in [1.82, 2.24) is 19.9 Å². The third-order valence-electron chi connectivity index (χ3n) is 9.24. The van der Waals surface area contributed by atoms with Crippen LogP contribution in [0.3, 0.4) is 0 Å². The van der Waals surface area contributed by atoms with Gasteiger partial charge in [-0.15, -0.1) is 11.3 Å². The molecule has 0 spiro atoms. The smallest absolute Gasteiger partial charge is 0.319 e. The molecule has 3 aromatic heterocycles. The van der Waals surface area contributed by atoms with E-state index in [2.05, 4.69) is 15.0 Å². The molecule has 3 N–H and O–H groups in total. The van der Waals surface area contributed by atoms with E-state index in [0.717, 1.165) is 28.7 Å². The predicted molar refractivity (Wildman–Crippen MR) is 160 cm³/mol. The Balaban J connectivity index is 1.45. The van der Waals surface area contributed by atoms with Gasteiger partial charge in [-0.1, -0.05) is 0 Å². The Labute approximate surface area is 263 Å². The number of halogens is 5. The zero-order chi connectivity index (χ0) is 32.5. The Bertz CT molecular complexity index is 1910. The number of ether oxygens (including phenoxy) is 2. The van der Waals surface area contributed by atoms with Crippen molar-refractivity contribution in [2.75, 3.05) is 44.0 Å². The summed E-state index contributed by atoms with van der Waals surface area (Å²) in [7, 11) is 1.36. The summed E-state index contributed by atoms with van der Waals surface area (Å²) in [6, 6.07) is 2.47. The lowest BCUT2D eigenvalue weighted by Crippen LogP contribution is -2.44. The summed E-state index contributed by atoms with van der Waals surface area (Å²) in [4.78, 5) is 16.3. The van der Waals surface area contributed by atoms with Gasteiger partial charge in [0, 0.05) is 37.4 Å². The highest BCUT2D eigenvalue weighted by Crippen LogP contribution is 2.46. The lowest BCUT2D eigenvalue weighted by atomic mass is 9.95. The number of alkyl halides is 3. The third-order valence-corrected chi connectivity index (χ3v) is 10.3. The number of pyridine rings is 1. The van der Waals surface area contributed by atoms with Crippen molar-refractivity contribution in [2.45, 2.75) is 56.0 Å². The second-order valence-electron chi connectivity index (χ2n) is 11.9. The molecular formula is C30H28F5N7O3S. The minimum Gasteiger partial charge on any atom is -0.471 e.